The smallest absolute Gasteiger partial charge is 0.196 e. The van der Waals surface area contributed by atoms with E-state index in [0.717, 1.165) is 36.0 Å². The van der Waals surface area contributed by atoms with Crippen LogP contribution < -0.4 is 0 Å². The number of rotatable bonds is 2. The fraction of sp³-hybridized carbons (Fsp3) is 0.200. The van der Waals surface area contributed by atoms with Gasteiger partial charge >= 0.3 is 0 Å². The molecular formula is C20H20N2O. The molecule has 1 aromatic heterocycles. The number of aromatic hydroxyl groups is 1. The van der Waals surface area contributed by atoms with Crippen molar-refractivity contribution in [3.63, 3.8) is 0 Å². The zero-order valence-corrected chi connectivity index (χ0v) is 13.3. The van der Waals surface area contributed by atoms with E-state index >= 15 is 0 Å². The number of aromatic nitrogens is 1. The maximum absolute atomic E-state index is 10.2. The number of hydrogen-bond acceptors (Lipinski definition) is 2. The largest absolute Gasteiger partial charge is 0.494 e. The van der Waals surface area contributed by atoms with E-state index in [1.54, 1.807) is 6.08 Å². The first-order valence-corrected chi connectivity index (χ1v) is 7.95. The van der Waals surface area contributed by atoms with E-state index < -0.39 is 0 Å². The number of H-pyrrole nitrogens is 1. The fourth-order valence-corrected chi connectivity index (χ4v) is 3.64. The van der Waals surface area contributed by atoms with E-state index in [2.05, 4.69) is 53.8 Å². The molecule has 0 aliphatic carbocycles. The van der Waals surface area contributed by atoms with Crippen molar-refractivity contribution < 1.29 is 5.11 Å². The molecule has 3 aromatic rings. The monoisotopic (exact) mass is 304 g/mol. The van der Waals surface area contributed by atoms with Gasteiger partial charge in [-0.1, -0.05) is 43.0 Å². The van der Waals surface area contributed by atoms with E-state index in [4.69, 9.17) is 0 Å². The molecule has 3 nitrogen and oxygen atoms in total. The van der Waals surface area contributed by atoms with Gasteiger partial charge in [0.25, 0.3) is 0 Å². The first-order chi connectivity index (χ1) is 11.2. The summed E-state index contributed by atoms with van der Waals surface area (Å²) in [5.41, 5.74) is 7.00. The second-order valence-corrected chi connectivity index (χ2v) is 6.25. The van der Waals surface area contributed by atoms with Crippen LogP contribution in [0.1, 0.15) is 16.7 Å². The van der Waals surface area contributed by atoms with Gasteiger partial charge < -0.3 is 15.0 Å². The molecule has 0 unspecified atom stereocenters. The van der Waals surface area contributed by atoms with Crippen LogP contribution in [0.3, 0.4) is 0 Å². The average Bonchev–Trinajstić information content (AvgIpc) is 2.90. The Morgan fingerprint density at radius 1 is 1.22 bits per heavy atom. The molecule has 116 valence electrons. The molecule has 0 spiro atoms. The molecule has 3 heteroatoms. The van der Waals surface area contributed by atoms with Gasteiger partial charge in [-0.2, -0.15) is 0 Å². The number of nitrogens with zero attached hydrogens (tertiary/aromatic N) is 1. The van der Waals surface area contributed by atoms with Gasteiger partial charge in [0.15, 0.2) is 5.88 Å². The molecule has 0 saturated heterocycles. The summed E-state index contributed by atoms with van der Waals surface area (Å²) < 4.78 is 0. The maximum Gasteiger partial charge on any atom is 0.196 e. The highest BCUT2D eigenvalue weighted by Crippen LogP contribution is 2.39. The zero-order chi connectivity index (χ0) is 16.0. The zero-order valence-electron chi connectivity index (χ0n) is 13.3. The Bertz CT molecular complexity index is 893. The highest BCUT2D eigenvalue weighted by Gasteiger charge is 2.23. The van der Waals surface area contributed by atoms with E-state index in [-0.39, 0.29) is 5.88 Å². The summed E-state index contributed by atoms with van der Waals surface area (Å²) in [7, 11) is 2.14. The van der Waals surface area contributed by atoms with Crippen molar-refractivity contribution in [2.24, 2.45) is 0 Å². The number of nitrogens with one attached hydrogen (secondary N) is 1. The summed E-state index contributed by atoms with van der Waals surface area (Å²) in [6.45, 7) is 5.80. The Morgan fingerprint density at radius 2 is 2.00 bits per heavy atom. The molecule has 0 amide bonds. The minimum atomic E-state index is 0.204. The Labute approximate surface area is 135 Å². The van der Waals surface area contributed by atoms with Gasteiger partial charge in [0, 0.05) is 24.0 Å². The Morgan fingerprint density at radius 3 is 2.74 bits per heavy atom. The molecule has 2 aromatic carbocycles. The van der Waals surface area contributed by atoms with Crippen molar-refractivity contribution in [3.8, 4) is 17.0 Å². The van der Waals surface area contributed by atoms with E-state index in [9.17, 15) is 5.11 Å². The summed E-state index contributed by atoms with van der Waals surface area (Å²) in [6, 6.07) is 12.7. The molecule has 0 saturated carbocycles. The van der Waals surface area contributed by atoms with Gasteiger partial charge in [-0.05, 0) is 41.8 Å². The molecule has 1 aliphatic heterocycles. The molecule has 23 heavy (non-hydrogen) atoms. The van der Waals surface area contributed by atoms with Crippen LogP contribution in [0.25, 0.3) is 28.1 Å². The van der Waals surface area contributed by atoms with Crippen LogP contribution in [0.15, 0.2) is 43.0 Å². The fourth-order valence-electron chi connectivity index (χ4n) is 3.64. The predicted molar refractivity (Wildman–Crippen MR) is 95.5 cm³/mol. The van der Waals surface area contributed by atoms with Crippen molar-refractivity contribution >= 4 is 17.0 Å². The molecule has 0 radical (unpaired) electrons. The lowest BCUT2D eigenvalue weighted by molar-refractivity contribution is 0.314. The number of fused-ring (bicyclic) bond motifs is 3. The van der Waals surface area contributed by atoms with Crippen molar-refractivity contribution in [3.05, 3.63) is 59.7 Å². The van der Waals surface area contributed by atoms with Crippen molar-refractivity contribution in [1.29, 1.82) is 0 Å². The third-order valence-electron chi connectivity index (χ3n) is 4.80. The number of hydrogen-bond donors (Lipinski definition) is 2. The standard InChI is InChI=1S/C20H20N2O/c1-3-14-17-11-16(13-7-5-4-6-8-13)15-9-10-22(2)12-18(15)19(17)21-20(14)23/h3-8,11,21,23H,1,9-10,12H2,2H3. The summed E-state index contributed by atoms with van der Waals surface area (Å²) in [4.78, 5) is 5.48. The lowest BCUT2D eigenvalue weighted by atomic mass is 9.88. The molecule has 2 N–H and O–H groups in total. The van der Waals surface area contributed by atoms with E-state index in [1.807, 2.05) is 6.07 Å². The van der Waals surface area contributed by atoms with Crippen molar-refractivity contribution in [2.45, 2.75) is 13.0 Å². The molecule has 0 bridgehead atoms. The minimum Gasteiger partial charge on any atom is -0.494 e. The second-order valence-electron chi connectivity index (χ2n) is 6.25. The number of benzene rings is 2. The lowest BCUT2D eigenvalue weighted by Gasteiger charge is -2.27. The van der Waals surface area contributed by atoms with Crippen LogP contribution in [0, 0.1) is 0 Å². The van der Waals surface area contributed by atoms with Crippen molar-refractivity contribution in [1.82, 2.24) is 9.88 Å². The highest BCUT2D eigenvalue weighted by molar-refractivity contribution is 5.98. The van der Waals surface area contributed by atoms with E-state index in [0.29, 0.717) is 0 Å². The molecule has 4 rings (SSSR count). The van der Waals surface area contributed by atoms with Crippen LogP contribution in [0.5, 0.6) is 5.88 Å². The molecule has 0 fully saturated rings. The third kappa shape index (κ3) is 2.16. The van der Waals surface area contributed by atoms with Gasteiger partial charge in [-0.15, -0.1) is 0 Å². The first kappa shape index (κ1) is 14.1. The highest BCUT2D eigenvalue weighted by atomic mass is 16.3. The maximum atomic E-state index is 10.2. The van der Waals surface area contributed by atoms with Gasteiger partial charge in [-0.25, -0.2) is 0 Å². The summed E-state index contributed by atoms with van der Waals surface area (Å²) in [5, 5.41) is 11.3. The van der Waals surface area contributed by atoms with Crippen LogP contribution >= 0.6 is 0 Å². The topological polar surface area (TPSA) is 39.3 Å². The molecule has 0 atom stereocenters. The van der Waals surface area contributed by atoms with Gasteiger partial charge in [0.2, 0.25) is 0 Å². The Kier molecular flexibility index (Phi) is 3.24. The predicted octanol–water partition coefficient (Wildman–Crippen LogP) is 4.17. The van der Waals surface area contributed by atoms with Gasteiger partial charge in [-0.3, -0.25) is 0 Å². The third-order valence-corrected chi connectivity index (χ3v) is 4.80. The van der Waals surface area contributed by atoms with Crippen LogP contribution in [0.2, 0.25) is 0 Å². The summed E-state index contributed by atoms with van der Waals surface area (Å²) in [6.07, 6.45) is 2.75. The minimum absolute atomic E-state index is 0.204. The SMILES string of the molecule is C=Cc1c(O)[nH]c2c3c(c(-c4ccccc4)cc12)CCN(C)C3. The van der Waals surface area contributed by atoms with Gasteiger partial charge in [0.1, 0.15) is 0 Å². The molecular weight excluding hydrogens is 284 g/mol. The normalized spacial score (nSPS) is 14.8. The van der Waals surface area contributed by atoms with E-state index in [1.165, 1.54) is 22.3 Å². The second kappa shape index (κ2) is 5.28. The molecule has 1 aliphatic rings. The van der Waals surface area contributed by atoms with Gasteiger partial charge in [0.05, 0.1) is 5.52 Å². The summed E-state index contributed by atoms with van der Waals surface area (Å²) >= 11 is 0. The lowest BCUT2D eigenvalue weighted by Crippen LogP contribution is -2.27. The Balaban J connectivity index is 2.08. The number of aromatic amines is 1. The molecule has 2 heterocycles. The average molecular weight is 304 g/mol. The van der Waals surface area contributed by atoms with Crippen LogP contribution in [0.4, 0.5) is 0 Å². The van der Waals surface area contributed by atoms with Crippen molar-refractivity contribution in [2.75, 3.05) is 13.6 Å². The first-order valence-electron chi connectivity index (χ1n) is 7.95. The van der Waals surface area contributed by atoms with Crippen LogP contribution in [-0.4, -0.2) is 28.6 Å². The Hall–Kier alpha value is -2.52. The number of likely N-dealkylation sites (N-methyl/N-ethyl adjacent to an activating group) is 1. The van der Waals surface area contributed by atoms with Crippen LogP contribution in [-0.2, 0) is 13.0 Å². The summed E-state index contributed by atoms with van der Waals surface area (Å²) in [5.74, 6) is 0.204. The quantitative estimate of drug-likeness (QED) is 0.746.